The van der Waals surface area contributed by atoms with E-state index in [1.165, 1.54) is 12.3 Å². The highest BCUT2D eigenvalue weighted by Crippen LogP contribution is 2.21. The van der Waals surface area contributed by atoms with Crippen molar-refractivity contribution in [2.75, 3.05) is 7.11 Å². The van der Waals surface area contributed by atoms with E-state index in [4.69, 9.17) is 4.74 Å². The molecule has 7 heteroatoms. The number of nitrogens with one attached hydrogen (secondary N) is 2. The van der Waals surface area contributed by atoms with Crippen LogP contribution in [0, 0.1) is 5.82 Å². The van der Waals surface area contributed by atoms with Crippen molar-refractivity contribution in [3.05, 3.63) is 71.7 Å². The zero-order valence-electron chi connectivity index (χ0n) is 13.4. The lowest BCUT2D eigenvalue weighted by atomic mass is 10.1. The minimum Gasteiger partial charge on any atom is -0.497 e. The molecule has 0 aliphatic rings. The summed E-state index contributed by atoms with van der Waals surface area (Å²) in [4.78, 5) is 12.1. The highest BCUT2D eigenvalue weighted by molar-refractivity contribution is 5.94. The van der Waals surface area contributed by atoms with Gasteiger partial charge in [-0.1, -0.05) is 18.2 Å². The summed E-state index contributed by atoms with van der Waals surface area (Å²) < 4.78 is 18.6. The lowest BCUT2D eigenvalue weighted by Crippen LogP contribution is -2.18. The Kier molecular flexibility index (Phi) is 4.84. The Balaban J connectivity index is 1.67. The molecule has 0 radical (unpaired) electrons. The van der Waals surface area contributed by atoms with E-state index in [1.54, 1.807) is 31.4 Å². The molecule has 0 atom stereocenters. The Bertz CT molecular complexity index is 903. The Morgan fingerprint density at radius 2 is 2.00 bits per heavy atom. The second kappa shape index (κ2) is 7.39. The summed E-state index contributed by atoms with van der Waals surface area (Å²) >= 11 is 0. The van der Waals surface area contributed by atoms with Gasteiger partial charge in [0, 0.05) is 11.1 Å². The van der Waals surface area contributed by atoms with Gasteiger partial charge in [-0.3, -0.25) is 9.89 Å². The number of aromatic amines is 1. The maximum atomic E-state index is 13.5. The van der Waals surface area contributed by atoms with Crippen LogP contribution < -0.4 is 10.2 Å². The summed E-state index contributed by atoms with van der Waals surface area (Å²) in [5.41, 5.74) is 4.32. The zero-order chi connectivity index (χ0) is 17.6. The van der Waals surface area contributed by atoms with E-state index in [1.807, 2.05) is 24.3 Å². The van der Waals surface area contributed by atoms with Crippen molar-refractivity contribution >= 4 is 12.1 Å². The third-order valence-corrected chi connectivity index (χ3v) is 3.48. The molecular formula is C18H15FN4O2. The van der Waals surface area contributed by atoms with E-state index in [9.17, 15) is 9.18 Å². The average Bonchev–Trinajstić information content (AvgIpc) is 3.13. The molecule has 3 aromatic rings. The van der Waals surface area contributed by atoms with Gasteiger partial charge in [0.1, 0.15) is 17.3 Å². The summed E-state index contributed by atoms with van der Waals surface area (Å²) in [7, 11) is 1.59. The van der Waals surface area contributed by atoms with Crippen LogP contribution in [-0.4, -0.2) is 29.4 Å². The molecule has 2 aromatic carbocycles. The molecule has 0 saturated heterocycles. The number of hydrogen-bond donors (Lipinski definition) is 2. The summed E-state index contributed by atoms with van der Waals surface area (Å²) in [6, 6.07) is 15.0. The number of hydrogen-bond acceptors (Lipinski definition) is 4. The molecule has 0 fully saturated rings. The summed E-state index contributed by atoms with van der Waals surface area (Å²) in [5.74, 6) is -0.150. The fourth-order valence-electron chi connectivity index (χ4n) is 2.15. The van der Waals surface area contributed by atoms with Crippen LogP contribution in [0.1, 0.15) is 16.1 Å². The van der Waals surface area contributed by atoms with Crippen LogP contribution in [0.25, 0.3) is 11.3 Å². The molecule has 0 unspecified atom stereocenters. The smallest absolute Gasteiger partial charge is 0.289 e. The quantitative estimate of drug-likeness (QED) is 0.554. The molecule has 0 saturated carbocycles. The second-order valence-electron chi connectivity index (χ2n) is 5.12. The van der Waals surface area contributed by atoms with Gasteiger partial charge in [-0.15, -0.1) is 0 Å². The first-order chi connectivity index (χ1) is 12.2. The second-order valence-corrected chi connectivity index (χ2v) is 5.12. The van der Waals surface area contributed by atoms with E-state index in [2.05, 4.69) is 20.7 Å². The van der Waals surface area contributed by atoms with Crippen molar-refractivity contribution < 1.29 is 13.9 Å². The number of hydrazone groups is 1. The van der Waals surface area contributed by atoms with E-state index < -0.39 is 11.7 Å². The lowest BCUT2D eigenvalue weighted by molar-refractivity contribution is 0.0950. The molecule has 0 spiro atoms. The third-order valence-electron chi connectivity index (χ3n) is 3.48. The highest BCUT2D eigenvalue weighted by Gasteiger charge is 2.10. The van der Waals surface area contributed by atoms with Gasteiger partial charge >= 0.3 is 0 Å². The fourth-order valence-corrected chi connectivity index (χ4v) is 2.15. The predicted octanol–water partition coefficient (Wildman–Crippen LogP) is 2.99. The molecule has 1 heterocycles. The molecule has 1 amide bonds. The van der Waals surface area contributed by atoms with Gasteiger partial charge in [0.15, 0.2) is 0 Å². The minimum atomic E-state index is -0.472. The molecule has 3 rings (SSSR count). The largest absolute Gasteiger partial charge is 0.497 e. The Labute approximate surface area is 143 Å². The first-order valence-corrected chi connectivity index (χ1v) is 7.45. The van der Waals surface area contributed by atoms with E-state index in [0.29, 0.717) is 5.69 Å². The van der Waals surface area contributed by atoms with Crippen LogP contribution in [0.4, 0.5) is 4.39 Å². The SMILES string of the molecule is COc1ccc(-c2cc(C(=O)N/N=C/c3ccccc3F)[nH]n2)cc1. The van der Waals surface area contributed by atoms with E-state index in [0.717, 1.165) is 11.3 Å². The van der Waals surface area contributed by atoms with Gasteiger partial charge in [-0.2, -0.15) is 10.2 Å². The van der Waals surface area contributed by atoms with Gasteiger partial charge in [-0.05, 0) is 36.4 Å². The maximum Gasteiger partial charge on any atom is 0.289 e. The number of aromatic nitrogens is 2. The Hall–Kier alpha value is -3.48. The first kappa shape index (κ1) is 16.4. The standard InChI is InChI=1S/C18H15FN4O2/c1-25-14-8-6-12(7-9-14)16-10-17(22-21-16)18(24)23-20-11-13-4-2-3-5-15(13)19/h2-11H,1H3,(H,21,22)(H,23,24)/b20-11+. The zero-order valence-corrected chi connectivity index (χ0v) is 13.4. The normalized spacial score (nSPS) is 10.8. The molecule has 6 nitrogen and oxygen atoms in total. The van der Waals surface area contributed by atoms with Crippen molar-refractivity contribution in [2.24, 2.45) is 5.10 Å². The summed E-state index contributed by atoms with van der Waals surface area (Å²) in [6.07, 6.45) is 1.24. The Morgan fingerprint density at radius 3 is 2.72 bits per heavy atom. The molecular weight excluding hydrogens is 323 g/mol. The number of benzene rings is 2. The van der Waals surface area contributed by atoms with Gasteiger partial charge in [-0.25, -0.2) is 9.82 Å². The lowest BCUT2D eigenvalue weighted by Gasteiger charge is -2.00. The van der Waals surface area contributed by atoms with Crippen LogP contribution in [0.3, 0.4) is 0 Å². The number of carbonyl (C=O) groups is 1. The maximum absolute atomic E-state index is 13.5. The number of ether oxygens (including phenoxy) is 1. The van der Waals surface area contributed by atoms with Gasteiger partial charge in [0.05, 0.1) is 19.0 Å². The number of methoxy groups -OCH3 is 1. The fraction of sp³-hybridized carbons (Fsp3) is 0.0556. The molecule has 126 valence electrons. The summed E-state index contributed by atoms with van der Waals surface area (Å²) in [6.45, 7) is 0. The van der Waals surface area contributed by atoms with Crippen LogP contribution in [-0.2, 0) is 0 Å². The number of amides is 1. The predicted molar refractivity (Wildman–Crippen MR) is 92.0 cm³/mol. The van der Waals surface area contributed by atoms with Crippen molar-refractivity contribution in [1.29, 1.82) is 0 Å². The van der Waals surface area contributed by atoms with Crippen LogP contribution in [0.2, 0.25) is 0 Å². The molecule has 2 N–H and O–H groups in total. The minimum absolute atomic E-state index is 0.247. The third kappa shape index (κ3) is 3.89. The van der Waals surface area contributed by atoms with Crippen LogP contribution in [0.15, 0.2) is 59.7 Å². The van der Waals surface area contributed by atoms with E-state index in [-0.39, 0.29) is 11.3 Å². The van der Waals surface area contributed by atoms with Crippen LogP contribution >= 0.6 is 0 Å². The van der Waals surface area contributed by atoms with Crippen molar-refractivity contribution in [2.45, 2.75) is 0 Å². The average molecular weight is 338 g/mol. The van der Waals surface area contributed by atoms with Gasteiger partial charge < -0.3 is 4.74 Å². The highest BCUT2D eigenvalue weighted by atomic mass is 19.1. The number of carbonyl (C=O) groups excluding carboxylic acids is 1. The van der Waals surface area contributed by atoms with Crippen molar-refractivity contribution in [1.82, 2.24) is 15.6 Å². The molecule has 0 aliphatic heterocycles. The molecule has 0 bridgehead atoms. The van der Waals surface area contributed by atoms with Crippen molar-refractivity contribution in [3.63, 3.8) is 0 Å². The number of halogens is 1. The number of nitrogens with zero attached hydrogens (tertiary/aromatic N) is 2. The van der Waals surface area contributed by atoms with Crippen LogP contribution in [0.5, 0.6) is 5.75 Å². The number of H-pyrrole nitrogens is 1. The van der Waals surface area contributed by atoms with Gasteiger partial charge in [0.25, 0.3) is 5.91 Å². The van der Waals surface area contributed by atoms with Gasteiger partial charge in [0.2, 0.25) is 0 Å². The monoisotopic (exact) mass is 338 g/mol. The van der Waals surface area contributed by atoms with Crippen molar-refractivity contribution in [3.8, 4) is 17.0 Å². The first-order valence-electron chi connectivity index (χ1n) is 7.45. The molecule has 1 aromatic heterocycles. The molecule has 0 aliphatic carbocycles. The van der Waals surface area contributed by atoms with E-state index >= 15 is 0 Å². The Morgan fingerprint density at radius 1 is 1.24 bits per heavy atom. The number of rotatable bonds is 5. The molecule has 25 heavy (non-hydrogen) atoms. The topological polar surface area (TPSA) is 79.4 Å². The summed E-state index contributed by atoms with van der Waals surface area (Å²) in [5, 5.41) is 10.5.